The van der Waals surface area contributed by atoms with E-state index in [0.29, 0.717) is 12.1 Å². The fourth-order valence-corrected chi connectivity index (χ4v) is 1.24. The maximum atomic E-state index is 13.5. The topological polar surface area (TPSA) is 110 Å². The number of aliphatic hydroxyl groups excluding tert-OH is 1. The van der Waals surface area contributed by atoms with Crippen LogP contribution in [-0.2, 0) is 4.79 Å². The van der Waals surface area contributed by atoms with Gasteiger partial charge in [-0.3, -0.25) is 10.1 Å². The van der Waals surface area contributed by atoms with Crippen molar-refractivity contribution < 1.29 is 37.8 Å². The van der Waals surface area contributed by atoms with Crippen LogP contribution < -0.4 is 4.74 Å². The highest BCUT2D eigenvalue weighted by atomic mass is 19.3. The molecule has 0 radical (unpaired) electrons. The number of rotatable bonds is 5. The number of aliphatic hydroxyl groups is 1. The summed E-state index contributed by atoms with van der Waals surface area (Å²) in [6, 6.07) is 0.812. The zero-order valence-corrected chi connectivity index (χ0v) is 8.92. The van der Waals surface area contributed by atoms with Gasteiger partial charge in [-0.15, -0.1) is 0 Å². The highest BCUT2D eigenvalue weighted by Crippen LogP contribution is 2.31. The van der Waals surface area contributed by atoms with Crippen LogP contribution in [0.3, 0.4) is 0 Å². The van der Waals surface area contributed by atoms with Crippen molar-refractivity contribution in [3.8, 4) is 5.75 Å². The van der Waals surface area contributed by atoms with E-state index in [1.165, 1.54) is 0 Å². The van der Waals surface area contributed by atoms with Gasteiger partial charge < -0.3 is 14.9 Å². The van der Waals surface area contributed by atoms with Crippen LogP contribution in [0.4, 0.5) is 18.9 Å². The van der Waals surface area contributed by atoms with Gasteiger partial charge in [0.05, 0.1) is 11.0 Å². The quantitative estimate of drug-likeness (QED) is 0.624. The highest BCUT2D eigenvalue weighted by molar-refractivity contribution is 5.74. The summed E-state index contributed by atoms with van der Waals surface area (Å²) in [6.07, 6.45) is -2.44. The van der Waals surface area contributed by atoms with Crippen LogP contribution in [0.2, 0.25) is 0 Å². The summed E-state index contributed by atoms with van der Waals surface area (Å²) in [4.78, 5) is 19.7. The SMILES string of the molecule is O=C(O)C(O)c1cc(OC(F)F)cc([N+](=O)[O-])c1F. The lowest BCUT2D eigenvalue weighted by Gasteiger charge is -2.10. The van der Waals surface area contributed by atoms with Gasteiger partial charge in [-0.1, -0.05) is 0 Å². The van der Waals surface area contributed by atoms with Crippen LogP contribution in [0.25, 0.3) is 0 Å². The Morgan fingerprint density at radius 3 is 2.42 bits per heavy atom. The number of carbonyl (C=O) groups is 1. The number of alkyl halides is 2. The number of ether oxygens (including phenoxy) is 1. The third-order valence-electron chi connectivity index (χ3n) is 2.01. The summed E-state index contributed by atoms with van der Waals surface area (Å²) in [7, 11) is 0. The van der Waals surface area contributed by atoms with Crippen LogP contribution in [0.15, 0.2) is 12.1 Å². The first kappa shape index (κ1) is 14.7. The minimum absolute atomic E-state index is 0.361. The average molecular weight is 281 g/mol. The van der Waals surface area contributed by atoms with Gasteiger partial charge in [0.25, 0.3) is 0 Å². The molecular formula is C9H6F3NO6. The van der Waals surface area contributed by atoms with Crippen molar-refractivity contribution in [1.82, 2.24) is 0 Å². The number of aliphatic carboxylic acids is 1. The number of hydrogen-bond acceptors (Lipinski definition) is 5. The second-order valence-corrected chi connectivity index (χ2v) is 3.22. The maximum absolute atomic E-state index is 13.5. The first-order valence-corrected chi connectivity index (χ1v) is 4.57. The molecule has 1 unspecified atom stereocenters. The Kier molecular flexibility index (Phi) is 4.27. The Morgan fingerprint density at radius 1 is 1.42 bits per heavy atom. The number of nitro benzene ring substituents is 1. The third-order valence-corrected chi connectivity index (χ3v) is 2.01. The van der Waals surface area contributed by atoms with E-state index in [1.54, 1.807) is 0 Å². The summed E-state index contributed by atoms with van der Waals surface area (Å²) in [5, 5.41) is 28.1. The molecule has 0 fully saturated rings. The molecule has 1 aromatic carbocycles. The van der Waals surface area contributed by atoms with Crippen LogP contribution in [0.5, 0.6) is 5.75 Å². The number of nitrogens with zero attached hydrogens (tertiary/aromatic N) is 1. The number of halogens is 3. The fraction of sp³-hybridized carbons (Fsp3) is 0.222. The molecule has 1 atom stereocenters. The molecule has 0 aliphatic rings. The molecule has 0 aliphatic heterocycles. The number of benzene rings is 1. The zero-order chi connectivity index (χ0) is 14.7. The molecule has 10 heteroatoms. The van der Waals surface area contributed by atoms with Crippen molar-refractivity contribution in [3.05, 3.63) is 33.6 Å². The lowest BCUT2D eigenvalue weighted by atomic mass is 10.1. The molecule has 0 spiro atoms. The normalized spacial score (nSPS) is 12.3. The molecule has 0 aromatic heterocycles. The van der Waals surface area contributed by atoms with Crippen molar-refractivity contribution in [1.29, 1.82) is 0 Å². The molecule has 7 nitrogen and oxygen atoms in total. The summed E-state index contributed by atoms with van der Waals surface area (Å²) in [5.74, 6) is -4.37. The average Bonchev–Trinajstić information content (AvgIpc) is 2.29. The van der Waals surface area contributed by atoms with Crippen molar-refractivity contribution in [2.75, 3.05) is 0 Å². The van der Waals surface area contributed by atoms with E-state index in [4.69, 9.17) is 10.2 Å². The standard InChI is InChI=1S/C9H6F3NO6/c10-6-4(7(14)8(15)16)1-3(19-9(11)12)2-5(6)13(17)18/h1-2,7,9,14H,(H,15,16). The lowest BCUT2D eigenvalue weighted by molar-refractivity contribution is -0.387. The molecule has 0 saturated heterocycles. The molecule has 0 heterocycles. The van der Waals surface area contributed by atoms with Crippen molar-refractivity contribution >= 4 is 11.7 Å². The summed E-state index contributed by atoms with van der Waals surface area (Å²) < 4.78 is 41.3. The van der Waals surface area contributed by atoms with E-state index in [9.17, 15) is 28.1 Å². The molecule has 104 valence electrons. The molecule has 2 N–H and O–H groups in total. The predicted octanol–water partition coefficient (Wildman–Crippen LogP) is 1.45. The van der Waals surface area contributed by atoms with Gasteiger partial charge in [0.15, 0.2) is 6.10 Å². The van der Waals surface area contributed by atoms with Gasteiger partial charge >= 0.3 is 18.3 Å². The van der Waals surface area contributed by atoms with Crippen LogP contribution >= 0.6 is 0 Å². The molecule has 19 heavy (non-hydrogen) atoms. The molecule has 1 rings (SSSR count). The Hall–Kier alpha value is -2.36. The second kappa shape index (κ2) is 5.52. The largest absolute Gasteiger partial charge is 0.479 e. The third kappa shape index (κ3) is 3.31. The molecule has 0 bridgehead atoms. The fourth-order valence-electron chi connectivity index (χ4n) is 1.24. The predicted molar refractivity (Wildman–Crippen MR) is 52.3 cm³/mol. The molecule has 0 aliphatic carbocycles. The zero-order valence-electron chi connectivity index (χ0n) is 8.92. The number of carboxylic acid groups (broad SMARTS) is 1. The van der Waals surface area contributed by atoms with E-state index in [1.807, 2.05) is 0 Å². The Bertz CT molecular complexity index is 521. The van der Waals surface area contributed by atoms with Gasteiger partial charge in [0.2, 0.25) is 5.82 Å². The van der Waals surface area contributed by atoms with E-state index in [2.05, 4.69) is 4.74 Å². The van der Waals surface area contributed by atoms with Gasteiger partial charge in [-0.25, -0.2) is 4.79 Å². The van der Waals surface area contributed by atoms with Gasteiger partial charge in [-0.05, 0) is 6.07 Å². The highest BCUT2D eigenvalue weighted by Gasteiger charge is 2.28. The monoisotopic (exact) mass is 281 g/mol. The van der Waals surface area contributed by atoms with Crippen LogP contribution in [0, 0.1) is 15.9 Å². The van der Waals surface area contributed by atoms with E-state index < -0.39 is 46.4 Å². The van der Waals surface area contributed by atoms with E-state index in [0.717, 1.165) is 0 Å². The van der Waals surface area contributed by atoms with E-state index in [-0.39, 0.29) is 0 Å². The van der Waals surface area contributed by atoms with E-state index >= 15 is 0 Å². The van der Waals surface area contributed by atoms with Crippen molar-refractivity contribution in [2.24, 2.45) is 0 Å². The minimum atomic E-state index is -3.35. The molecule has 0 saturated carbocycles. The Labute approximate surface area is 103 Å². The number of nitro groups is 1. The van der Waals surface area contributed by atoms with Crippen molar-refractivity contribution in [2.45, 2.75) is 12.7 Å². The molecule has 0 amide bonds. The summed E-state index contributed by atoms with van der Waals surface area (Å²) in [5.41, 5.74) is -2.33. The smallest absolute Gasteiger partial charge is 0.387 e. The minimum Gasteiger partial charge on any atom is -0.479 e. The summed E-state index contributed by atoms with van der Waals surface area (Å²) in [6.45, 7) is -3.35. The number of hydrogen-bond donors (Lipinski definition) is 2. The van der Waals surface area contributed by atoms with Gasteiger partial charge in [0.1, 0.15) is 5.75 Å². The Morgan fingerprint density at radius 2 is 2.00 bits per heavy atom. The van der Waals surface area contributed by atoms with Gasteiger partial charge in [-0.2, -0.15) is 13.2 Å². The van der Waals surface area contributed by atoms with Crippen molar-refractivity contribution in [3.63, 3.8) is 0 Å². The van der Waals surface area contributed by atoms with Crippen LogP contribution in [-0.4, -0.2) is 27.7 Å². The second-order valence-electron chi connectivity index (χ2n) is 3.22. The molecular weight excluding hydrogens is 275 g/mol. The first-order valence-electron chi connectivity index (χ1n) is 4.57. The number of carboxylic acids is 1. The molecule has 1 aromatic rings. The first-order chi connectivity index (χ1) is 8.73. The lowest BCUT2D eigenvalue weighted by Crippen LogP contribution is -2.14. The van der Waals surface area contributed by atoms with Crippen LogP contribution in [0.1, 0.15) is 11.7 Å². The Balaban J connectivity index is 3.39. The van der Waals surface area contributed by atoms with Gasteiger partial charge in [0, 0.05) is 5.56 Å². The summed E-state index contributed by atoms with van der Waals surface area (Å²) >= 11 is 0. The maximum Gasteiger partial charge on any atom is 0.387 e.